The Morgan fingerprint density at radius 1 is 1.21 bits per heavy atom. The highest BCUT2D eigenvalue weighted by molar-refractivity contribution is 7.17. The van der Waals surface area contributed by atoms with Crippen molar-refractivity contribution in [1.29, 1.82) is 0 Å². The third kappa shape index (κ3) is 4.29. The fraction of sp³-hybridized carbons (Fsp3) is 0.571. The zero-order valence-electron chi connectivity index (χ0n) is 16.3. The van der Waals surface area contributed by atoms with Gasteiger partial charge in [0.1, 0.15) is 5.00 Å². The van der Waals surface area contributed by atoms with E-state index < -0.39 is 23.8 Å². The molecule has 152 valence electrons. The Bertz CT molecular complexity index is 797. The summed E-state index contributed by atoms with van der Waals surface area (Å²) in [7, 11) is 0. The van der Waals surface area contributed by atoms with E-state index in [2.05, 4.69) is 5.32 Å². The predicted octanol–water partition coefficient (Wildman–Crippen LogP) is 4.19. The second-order valence-electron chi connectivity index (χ2n) is 7.52. The van der Waals surface area contributed by atoms with Crippen molar-refractivity contribution in [3.8, 4) is 0 Å². The Morgan fingerprint density at radius 3 is 2.57 bits per heavy atom. The molecular formula is C21H27NO5S. The largest absolute Gasteiger partial charge is 0.481 e. The van der Waals surface area contributed by atoms with Crippen molar-refractivity contribution >= 4 is 34.2 Å². The molecule has 2 aliphatic rings. The summed E-state index contributed by atoms with van der Waals surface area (Å²) in [6, 6.07) is 0. The van der Waals surface area contributed by atoms with Crippen molar-refractivity contribution in [3.63, 3.8) is 0 Å². The summed E-state index contributed by atoms with van der Waals surface area (Å²) in [6.07, 6.45) is 8.68. The molecule has 0 spiro atoms. The number of aliphatic carboxylic acids is 1. The number of anilines is 1. The van der Waals surface area contributed by atoms with Gasteiger partial charge in [0.2, 0.25) is 5.91 Å². The highest BCUT2D eigenvalue weighted by Crippen LogP contribution is 2.39. The number of hydrogen-bond acceptors (Lipinski definition) is 5. The first-order valence-corrected chi connectivity index (χ1v) is 10.8. The fourth-order valence-corrected chi connectivity index (χ4v) is 5.06. The fourth-order valence-electron chi connectivity index (χ4n) is 3.78. The minimum atomic E-state index is -0.966. The zero-order valence-corrected chi connectivity index (χ0v) is 17.1. The lowest BCUT2D eigenvalue weighted by molar-refractivity contribution is -0.146. The van der Waals surface area contributed by atoms with Gasteiger partial charge < -0.3 is 15.2 Å². The normalized spacial score (nSPS) is 22.2. The second-order valence-corrected chi connectivity index (χ2v) is 8.63. The lowest BCUT2D eigenvalue weighted by Gasteiger charge is -2.24. The number of rotatable bonds is 6. The van der Waals surface area contributed by atoms with Gasteiger partial charge in [-0.3, -0.25) is 9.59 Å². The molecule has 1 heterocycles. The van der Waals surface area contributed by atoms with Gasteiger partial charge in [0.15, 0.2) is 0 Å². The Labute approximate surface area is 169 Å². The first-order chi connectivity index (χ1) is 13.4. The highest BCUT2D eigenvalue weighted by atomic mass is 32.1. The van der Waals surface area contributed by atoms with Crippen LogP contribution in [0, 0.1) is 11.8 Å². The van der Waals surface area contributed by atoms with Crippen molar-refractivity contribution in [1.82, 2.24) is 0 Å². The maximum absolute atomic E-state index is 12.9. The van der Waals surface area contributed by atoms with Gasteiger partial charge in [-0.2, -0.15) is 0 Å². The van der Waals surface area contributed by atoms with E-state index in [-0.39, 0.29) is 12.0 Å². The standard InChI is InChI=1S/C21H27NO5S/c1-3-12(2)27-21(26)17-15-10-6-7-11-16(15)28-19(17)22-18(23)13-8-4-5-9-14(13)20(24)25/h4-5,12-14H,3,6-11H2,1-2H3,(H,22,23)(H,24,25)/t12-,13+,14-/m0/s1. The molecule has 7 heteroatoms. The summed E-state index contributed by atoms with van der Waals surface area (Å²) in [5.74, 6) is -3.09. The summed E-state index contributed by atoms with van der Waals surface area (Å²) in [5.41, 5.74) is 1.45. The van der Waals surface area contributed by atoms with E-state index in [1.807, 2.05) is 19.9 Å². The van der Waals surface area contributed by atoms with Gasteiger partial charge in [-0.25, -0.2) is 4.79 Å². The van der Waals surface area contributed by atoms with Crippen molar-refractivity contribution in [2.45, 2.75) is 64.9 Å². The van der Waals surface area contributed by atoms with E-state index in [4.69, 9.17) is 4.74 Å². The Balaban J connectivity index is 1.87. The SMILES string of the molecule is CC[C@H](C)OC(=O)c1c(NC(=O)[C@@H]2CC=CC[C@@H]2C(=O)O)sc2c1CCCC2. The molecule has 2 N–H and O–H groups in total. The van der Waals surface area contributed by atoms with Crippen molar-refractivity contribution in [2.75, 3.05) is 5.32 Å². The van der Waals surface area contributed by atoms with Gasteiger partial charge in [-0.1, -0.05) is 19.1 Å². The molecule has 2 aliphatic carbocycles. The van der Waals surface area contributed by atoms with Crippen LogP contribution in [0.15, 0.2) is 12.2 Å². The molecule has 3 rings (SSSR count). The summed E-state index contributed by atoms with van der Waals surface area (Å²) < 4.78 is 5.55. The molecule has 0 radical (unpaired) electrons. The van der Waals surface area contributed by atoms with Crippen molar-refractivity contribution < 1.29 is 24.2 Å². The third-order valence-corrected chi connectivity index (χ3v) is 6.79. The molecule has 1 aromatic heterocycles. The van der Waals surface area contributed by atoms with Crippen LogP contribution >= 0.6 is 11.3 Å². The molecular weight excluding hydrogens is 378 g/mol. The number of amides is 1. The zero-order chi connectivity index (χ0) is 20.3. The van der Waals surface area contributed by atoms with Crippen LogP contribution in [0.1, 0.15) is 66.8 Å². The molecule has 6 nitrogen and oxygen atoms in total. The quantitative estimate of drug-likeness (QED) is 0.547. The Kier molecular flexibility index (Phi) is 6.54. The van der Waals surface area contributed by atoms with Crippen LogP contribution in [0.2, 0.25) is 0 Å². The van der Waals surface area contributed by atoms with E-state index in [1.165, 1.54) is 11.3 Å². The molecule has 28 heavy (non-hydrogen) atoms. The maximum atomic E-state index is 12.9. The molecule has 0 saturated heterocycles. The molecule has 0 unspecified atom stereocenters. The number of carbonyl (C=O) groups is 3. The number of fused-ring (bicyclic) bond motifs is 1. The number of ether oxygens (including phenoxy) is 1. The van der Waals surface area contributed by atoms with Crippen LogP contribution in [0.5, 0.6) is 0 Å². The topological polar surface area (TPSA) is 92.7 Å². The number of carbonyl (C=O) groups excluding carboxylic acids is 2. The van der Waals surface area contributed by atoms with Gasteiger partial charge in [0, 0.05) is 4.88 Å². The van der Waals surface area contributed by atoms with Gasteiger partial charge in [-0.15, -0.1) is 11.3 Å². The molecule has 3 atom stereocenters. The summed E-state index contributed by atoms with van der Waals surface area (Å²) >= 11 is 1.43. The number of esters is 1. The van der Waals surface area contributed by atoms with Crippen LogP contribution in [0.4, 0.5) is 5.00 Å². The summed E-state index contributed by atoms with van der Waals surface area (Å²) in [4.78, 5) is 38.4. The van der Waals surface area contributed by atoms with Crippen LogP contribution in [0.3, 0.4) is 0 Å². The van der Waals surface area contributed by atoms with E-state index in [0.29, 0.717) is 29.8 Å². The van der Waals surface area contributed by atoms with E-state index >= 15 is 0 Å². The smallest absolute Gasteiger partial charge is 0.341 e. The average Bonchev–Trinajstić information content (AvgIpc) is 3.05. The Morgan fingerprint density at radius 2 is 1.89 bits per heavy atom. The summed E-state index contributed by atoms with van der Waals surface area (Å²) in [5, 5.41) is 12.8. The van der Waals surface area contributed by atoms with E-state index in [0.717, 1.165) is 36.1 Å². The molecule has 1 amide bonds. The lowest BCUT2D eigenvalue weighted by Crippen LogP contribution is -2.35. The lowest BCUT2D eigenvalue weighted by atomic mass is 9.82. The molecule has 0 aromatic carbocycles. The van der Waals surface area contributed by atoms with Gasteiger partial charge in [0.05, 0.1) is 23.5 Å². The number of hydrogen-bond donors (Lipinski definition) is 2. The van der Waals surface area contributed by atoms with Crippen LogP contribution in [-0.2, 0) is 27.2 Å². The minimum absolute atomic E-state index is 0.199. The second kappa shape index (κ2) is 8.90. The minimum Gasteiger partial charge on any atom is -0.481 e. The number of allylic oxidation sites excluding steroid dienone is 2. The number of nitrogens with one attached hydrogen (secondary N) is 1. The molecule has 0 saturated carbocycles. The molecule has 0 bridgehead atoms. The predicted molar refractivity (Wildman–Crippen MR) is 108 cm³/mol. The van der Waals surface area contributed by atoms with Crippen LogP contribution in [-0.4, -0.2) is 29.1 Å². The number of carboxylic acids is 1. The Hall–Kier alpha value is -2.15. The molecule has 1 aromatic rings. The van der Waals surface area contributed by atoms with Crippen molar-refractivity contribution in [2.24, 2.45) is 11.8 Å². The van der Waals surface area contributed by atoms with Gasteiger partial charge in [-0.05, 0) is 57.4 Å². The monoisotopic (exact) mass is 405 g/mol. The van der Waals surface area contributed by atoms with Gasteiger partial charge >= 0.3 is 11.9 Å². The molecule has 0 aliphatic heterocycles. The number of carboxylic acid groups (broad SMARTS) is 1. The number of aryl methyl sites for hydroxylation is 1. The summed E-state index contributed by atoms with van der Waals surface area (Å²) in [6.45, 7) is 3.80. The maximum Gasteiger partial charge on any atom is 0.341 e. The van der Waals surface area contributed by atoms with Crippen molar-refractivity contribution in [3.05, 3.63) is 28.2 Å². The van der Waals surface area contributed by atoms with Crippen LogP contribution < -0.4 is 5.32 Å². The van der Waals surface area contributed by atoms with Gasteiger partial charge in [0.25, 0.3) is 0 Å². The first kappa shape index (κ1) is 20.6. The van der Waals surface area contributed by atoms with E-state index in [1.54, 1.807) is 6.08 Å². The third-order valence-electron chi connectivity index (χ3n) is 5.58. The molecule has 0 fully saturated rings. The number of thiophene rings is 1. The first-order valence-electron chi connectivity index (χ1n) is 9.96. The van der Waals surface area contributed by atoms with E-state index in [9.17, 15) is 19.5 Å². The van der Waals surface area contributed by atoms with Crippen LogP contribution in [0.25, 0.3) is 0 Å². The highest BCUT2D eigenvalue weighted by Gasteiger charge is 2.35. The average molecular weight is 406 g/mol.